The van der Waals surface area contributed by atoms with Crippen molar-refractivity contribution in [3.05, 3.63) is 53.1 Å². The minimum absolute atomic E-state index is 0.0522. The number of nitrogens with zero attached hydrogens (tertiary/aromatic N) is 1. The van der Waals surface area contributed by atoms with Crippen LogP contribution < -0.4 is 0 Å². The van der Waals surface area contributed by atoms with E-state index in [4.69, 9.17) is 4.74 Å². The van der Waals surface area contributed by atoms with E-state index in [0.29, 0.717) is 16.9 Å². The quantitative estimate of drug-likeness (QED) is 0.620. The fraction of sp³-hybridized carbons (Fsp3) is 0.368. The molecule has 2 aromatic rings. The number of Topliss-reactive ketones (excluding diaryl/α,β-unsaturated/α-hetero) is 1. The summed E-state index contributed by atoms with van der Waals surface area (Å²) in [6.07, 6.45) is 2.72. The van der Waals surface area contributed by atoms with Gasteiger partial charge in [-0.1, -0.05) is 18.6 Å². The van der Waals surface area contributed by atoms with Crippen molar-refractivity contribution >= 4 is 11.8 Å². The van der Waals surface area contributed by atoms with Crippen LogP contribution in [-0.4, -0.2) is 22.9 Å². The van der Waals surface area contributed by atoms with E-state index < -0.39 is 0 Å². The average molecular weight is 329 g/mol. The lowest BCUT2D eigenvalue weighted by Crippen LogP contribution is -2.26. The molecule has 0 spiro atoms. The highest BCUT2D eigenvalue weighted by atomic mass is 19.1. The van der Waals surface area contributed by atoms with Crippen LogP contribution in [0.25, 0.3) is 5.69 Å². The van der Waals surface area contributed by atoms with Crippen LogP contribution in [0.2, 0.25) is 0 Å². The number of hydrogen-bond acceptors (Lipinski definition) is 3. The molecule has 0 radical (unpaired) electrons. The summed E-state index contributed by atoms with van der Waals surface area (Å²) in [5.41, 5.74) is 2.25. The number of ether oxygens (including phenoxy) is 1. The van der Waals surface area contributed by atoms with Crippen LogP contribution in [0, 0.1) is 25.6 Å². The summed E-state index contributed by atoms with van der Waals surface area (Å²) in [6.45, 7) is 3.31. The van der Waals surface area contributed by atoms with Crippen molar-refractivity contribution in [2.45, 2.75) is 33.1 Å². The van der Waals surface area contributed by atoms with E-state index in [1.165, 1.54) is 6.07 Å². The van der Waals surface area contributed by atoms with Gasteiger partial charge in [-0.3, -0.25) is 9.59 Å². The van der Waals surface area contributed by atoms with Crippen LogP contribution in [-0.2, 0) is 9.53 Å². The second kappa shape index (κ2) is 6.59. The van der Waals surface area contributed by atoms with Crippen LogP contribution >= 0.6 is 0 Å². The smallest absolute Gasteiger partial charge is 0.309 e. The Kier molecular flexibility index (Phi) is 4.51. The van der Waals surface area contributed by atoms with Gasteiger partial charge in [-0.2, -0.15) is 0 Å². The molecule has 126 valence electrons. The van der Waals surface area contributed by atoms with Crippen LogP contribution in [0.1, 0.15) is 41.0 Å². The first-order chi connectivity index (χ1) is 11.5. The molecule has 1 aliphatic carbocycles. The van der Waals surface area contributed by atoms with Crippen molar-refractivity contribution in [1.82, 2.24) is 4.57 Å². The molecule has 1 fully saturated rings. The van der Waals surface area contributed by atoms with Gasteiger partial charge in [0.05, 0.1) is 11.6 Å². The summed E-state index contributed by atoms with van der Waals surface area (Å²) in [4.78, 5) is 24.2. The summed E-state index contributed by atoms with van der Waals surface area (Å²) >= 11 is 0. The number of halogens is 1. The van der Waals surface area contributed by atoms with Gasteiger partial charge < -0.3 is 9.30 Å². The Morgan fingerprint density at radius 1 is 1.25 bits per heavy atom. The molecule has 1 aromatic heterocycles. The van der Waals surface area contributed by atoms with E-state index in [2.05, 4.69) is 0 Å². The second-order valence-corrected chi connectivity index (χ2v) is 6.23. The maximum Gasteiger partial charge on any atom is 0.309 e. The number of carbonyl (C=O) groups is 2. The summed E-state index contributed by atoms with van der Waals surface area (Å²) in [7, 11) is 0. The van der Waals surface area contributed by atoms with Gasteiger partial charge in [0.1, 0.15) is 5.82 Å². The maximum atomic E-state index is 14.1. The second-order valence-electron chi connectivity index (χ2n) is 6.23. The number of ketones is 1. The monoisotopic (exact) mass is 329 g/mol. The summed E-state index contributed by atoms with van der Waals surface area (Å²) in [6, 6.07) is 8.13. The zero-order valence-electron chi connectivity index (χ0n) is 13.8. The largest absolute Gasteiger partial charge is 0.457 e. The molecule has 4 nitrogen and oxygen atoms in total. The van der Waals surface area contributed by atoms with Crippen LogP contribution in [0.3, 0.4) is 0 Å². The molecule has 1 aliphatic rings. The van der Waals surface area contributed by atoms with Gasteiger partial charge in [-0.05, 0) is 44.9 Å². The molecule has 24 heavy (non-hydrogen) atoms. The maximum absolute atomic E-state index is 14.1. The molecular formula is C19H20FNO3. The van der Waals surface area contributed by atoms with Crippen molar-refractivity contribution in [2.24, 2.45) is 5.92 Å². The molecular weight excluding hydrogens is 309 g/mol. The van der Waals surface area contributed by atoms with Crippen molar-refractivity contribution < 1.29 is 18.7 Å². The van der Waals surface area contributed by atoms with Gasteiger partial charge >= 0.3 is 5.97 Å². The van der Waals surface area contributed by atoms with Gasteiger partial charge in [0.15, 0.2) is 6.61 Å². The van der Waals surface area contributed by atoms with Gasteiger partial charge in [-0.25, -0.2) is 4.39 Å². The highest BCUT2D eigenvalue weighted by molar-refractivity contribution is 5.99. The van der Waals surface area contributed by atoms with E-state index >= 15 is 0 Å². The predicted molar refractivity (Wildman–Crippen MR) is 87.8 cm³/mol. The number of aromatic nitrogens is 1. The van der Waals surface area contributed by atoms with E-state index in [-0.39, 0.29) is 30.1 Å². The Bertz CT molecular complexity index is 790. The number of rotatable bonds is 5. The van der Waals surface area contributed by atoms with E-state index in [1.807, 2.05) is 6.92 Å². The third-order valence-electron chi connectivity index (χ3n) is 4.61. The molecule has 1 heterocycles. The van der Waals surface area contributed by atoms with Crippen LogP contribution in [0.4, 0.5) is 4.39 Å². The van der Waals surface area contributed by atoms with E-state index in [9.17, 15) is 14.0 Å². The van der Waals surface area contributed by atoms with Gasteiger partial charge in [0.25, 0.3) is 0 Å². The molecule has 0 N–H and O–H groups in total. The number of hydrogen-bond donors (Lipinski definition) is 0. The minimum Gasteiger partial charge on any atom is -0.457 e. The number of benzene rings is 1. The van der Waals surface area contributed by atoms with Gasteiger partial charge in [0.2, 0.25) is 5.78 Å². The van der Waals surface area contributed by atoms with Crippen LogP contribution in [0.5, 0.6) is 0 Å². The average Bonchev–Trinajstić information content (AvgIpc) is 2.79. The van der Waals surface area contributed by atoms with Crippen molar-refractivity contribution in [3.8, 4) is 5.69 Å². The lowest BCUT2D eigenvalue weighted by Gasteiger charge is -2.22. The Hall–Kier alpha value is -2.43. The molecule has 0 aliphatic heterocycles. The van der Waals surface area contributed by atoms with Gasteiger partial charge in [0, 0.05) is 17.0 Å². The Morgan fingerprint density at radius 2 is 1.96 bits per heavy atom. The number of para-hydroxylation sites is 1. The zero-order chi connectivity index (χ0) is 17.3. The summed E-state index contributed by atoms with van der Waals surface area (Å²) in [5.74, 6) is -0.964. The minimum atomic E-state index is -0.352. The SMILES string of the molecule is Cc1cc(C(=O)COC(=O)C2CCC2)c(C)n1-c1ccccc1F. The zero-order valence-corrected chi connectivity index (χ0v) is 13.8. The first kappa shape index (κ1) is 16.4. The van der Waals surface area contributed by atoms with Crippen molar-refractivity contribution in [3.63, 3.8) is 0 Å². The van der Waals surface area contributed by atoms with Crippen molar-refractivity contribution in [2.75, 3.05) is 6.61 Å². The predicted octanol–water partition coefficient (Wildman–Crippen LogP) is 3.76. The fourth-order valence-corrected chi connectivity index (χ4v) is 3.03. The molecule has 1 saturated carbocycles. The van der Waals surface area contributed by atoms with Crippen LogP contribution in [0.15, 0.2) is 30.3 Å². The van der Waals surface area contributed by atoms with E-state index in [0.717, 1.165) is 25.0 Å². The Balaban J connectivity index is 1.79. The first-order valence-corrected chi connectivity index (χ1v) is 8.12. The third-order valence-corrected chi connectivity index (χ3v) is 4.61. The fourth-order valence-electron chi connectivity index (χ4n) is 3.03. The molecule has 0 unspecified atom stereocenters. The Labute approximate surface area is 140 Å². The third kappa shape index (κ3) is 2.98. The lowest BCUT2D eigenvalue weighted by molar-refractivity contribution is -0.150. The normalized spacial score (nSPS) is 14.3. The highest BCUT2D eigenvalue weighted by Crippen LogP contribution is 2.28. The van der Waals surface area contributed by atoms with E-state index in [1.54, 1.807) is 35.8 Å². The summed E-state index contributed by atoms with van der Waals surface area (Å²) < 4.78 is 20.9. The molecule has 3 rings (SSSR count). The number of aryl methyl sites for hydroxylation is 1. The van der Waals surface area contributed by atoms with Gasteiger partial charge in [-0.15, -0.1) is 0 Å². The molecule has 0 bridgehead atoms. The first-order valence-electron chi connectivity index (χ1n) is 8.12. The Morgan fingerprint density at radius 3 is 2.58 bits per heavy atom. The number of carbonyl (C=O) groups excluding carboxylic acids is 2. The molecule has 5 heteroatoms. The number of esters is 1. The topological polar surface area (TPSA) is 48.3 Å². The molecule has 0 saturated heterocycles. The molecule has 1 aromatic carbocycles. The lowest BCUT2D eigenvalue weighted by atomic mass is 9.86. The molecule has 0 atom stereocenters. The summed E-state index contributed by atoms with van der Waals surface area (Å²) in [5, 5.41) is 0. The van der Waals surface area contributed by atoms with Crippen molar-refractivity contribution in [1.29, 1.82) is 0 Å². The molecule has 0 amide bonds. The highest BCUT2D eigenvalue weighted by Gasteiger charge is 2.27. The standard InChI is InChI=1S/C19H20FNO3/c1-12-10-15(18(22)11-24-19(23)14-6-5-7-14)13(2)21(12)17-9-4-3-8-16(17)20/h3-4,8-10,14H,5-7,11H2,1-2H3.